The third kappa shape index (κ3) is 3.03. The number of piperazine rings is 1. The van der Waals surface area contributed by atoms with Crippen LogP contribution in [0, 0.1) is 13.8 Å². The number of carbonyl (C=O) groups is 1. The zero-order valence-electron chi connectivity index (χ0n) is 12.6. The number of nitrogen functional groups attached to an aromatic ring is 1. The van der Waals surface area contributed by atoms with Crippen LogP contribution in [0.25, 0.3) is 0 Å². The summed E-state index contributed by atoms with van der Waals surface area (Å²) in [5, 5.41) is 0. The van der Waals surface area contributed by atoms with Gasteiger partial charge in [0.1, 0.15) is 0 Å². The second kappa shape index (κ2) is 5.65. The molecule has 7 heteroatoms. The van der Waals surface area contributed by atoms with Gasteiger partial charge in [-0.3, -0.25) is 4.79 Å². The maximum absolute atomic E-state index is 12.8. The van der Waals surface area contributed by atoms with Crippen LogP contribution in [0.5, 0.6) is 0 Å². The first-order valence-corrected chi connectivity index (χ1v) is 8.30. The molecule has 6 nitrogen and oxygen atoms in total. The highest BCUT2D eigenvalue weighted by Crippen LogP contribution is 2.26. The third-order valence-electron chi connectivity index (χ3n) is 3.85. The Hall–Kier alpha value is -1.60. The predicted octanol–water partition coefficient (Wildman–Crippen LogP) is 0.738. The molecule has 1 aliphatic rings. The van der Waals surface area contributed by atoms with Crippen molar-refractivity contribution in [2.75, 3.05) is 31.9 Å². The van der Waals surface area contributed by atoms with Crippen molar-refractivity contribution in [2.24, 2.45) is 0 Å². The second-order valence-electron chi connectivity index (χ2n) is 5.39. The quantitative estimate of drug-likeness (QED) is 0.817. The lowest BCUT2D eigenvalue weighted by Crippen LogP contribution is -2.50. The SMILES string of the molecule is CC(=O)N1CCN(S(=O)(=O)c2cc(C)cc(N)c2C)CC1. The summed E-state index contributed by atoms with van der Waals surface area (Å²) in [5.74, 6) is -0.0250. The number of hydrogen-bond donors (Lipinski definition) is 1. The average Bonchev–Trinajstić information content (AvgIpc) is 2.42. The van der Waals surface area contributed by atoms with Crippen LogP contribution in [0.4, 0.5) is 5.69 Å². The van der Waals surface area contributed by atoms with Crippen LogP contribution in [0.1, 0.15) is 18.1 Å². The number of nitrogens with zero attached hydrogens (tertiary/aromatic N) is 2. The van der Waals surface area contributed by atoms with E-state index in [0.717, 1.165) is 5.56 Å². The second-order valence-corrected chi connectivity index (χ2v) is 7.29. The van der Waals surface area contributed by atoms with Crippen molar-refractivity contribution in [3.63, 3.8) is 0 Å². The van der Waals surface area contributed by atoms with Crippen molar-refractivity contribution in [3.8, 4) is 0 Å². The molecule has 0 aromatic heterocycles. The van der Waals surface area contributed by atoms with Crippen molar-refractivity contribution < 1.29 is 13.2 Å². The van der Waals surface area contributed by atoms with Crippen molar-refractivity contribution >= 4 is 21.6 Å². The van der Waals surface area contributed by atoms with E-state index in [1.807, 2.05) is 6.92 Å². The molecule has 2 rings (SSSR count). The van der Waals surface area contributed by atoms with Crippen molar-refractivity contribution in [3.05, 3.63) is 23.3 Å². The van der Waals surface area contributed by atoms with Crippen molar-refractivity contribution in [2.45, 2.75) is 25.7 Å². The van der Waals surface area contributed by atoms with Crippen LogP contribution in [0.15, 0.2) is 17.0 Å². The maximum Gasteiger partial charge on any atom is 0.243 e. The van der Waals surface area contributed by atoms with E-state index >= 15 is 0 Å². The number of hydrogen-bond acceptors (Lipinski definition) is 4. The van der Waals surface area contributed by atoms with Crippen molar-refractivity contribution in [1.82, 2.24) is 9.21 Å². The van der Waals surface area contributed by atoms with Crippen molar-refractivity contribution in [1.29, 1.82) is 0 Å². The van der Waals surface area contributed by atoms with Gasteiger partial charge in [0, 0.05) is 38.8 Å². The number of sulfonamides is 1. The van der Waals surface area contributed by atoms with Gasteiger partial charge in [-0.1, -0.05) is 0 Å². The monoisotopic (exact) mass is 311 g/mol. The van der Waals surface area contributed by atoms with Crippen LogP contribution in [-0.4, -0.2) is 49.7 Å². The predicted molar refractivity (Wildman–Crippen MR) is 81.3 cm³/mol. The summed E-state index contributed by atoms with van der Waals surface area (Å²) < 4.78 is 26.9. The van der Waals surface area contributed by atoms with Gasteiger partial charge in [0.2, 0.25) is 15.9 Å². The lowest BCUT2D eigenvalue weighted by molar-refractivity contribution is -0.129. The Balaban J connectivity index is 2.30. The molecule has 1 aliphatic heterocycles. The molecule has 116 valence electrons. The van der Waals surface area contributed by atoms with Gasteiger partial charge in [0.15, 0.2) is 0 Å². The highest BCUT2D eigenvalue weighted by atomic mass is 32.2. The molecule has 1 heterocycles. The number of rotatable bonds is 2. The highest BCUT2D eigenvalue weighted by Gasteiger charge is 2.30. The molecule has 0 spiro atoms. The van der Waals surface area contributed by atoms with Crippen LogP contribution in [-0.2, 0) is 14.8 Å². The number of aryl methyl sites for hydroxylation is 1. The first kappa shape index (κ1) is 15.8. The summed E-state index contributed by atoms with van der Waals surface area (Å²) in [6, 6.07) is 3.42. The van der Waals surface area contributed by atoms with Crippen LogP contribution in [0.3, 0.4) is 0 Å². The highest BCUT2D eigenvalue weighted by molar-refractivity contribution is 7.89. The summed E-state index contributed by atoms with van der Waals surface area (Å²) in [4.78, 5) is 13.2. The molecule has 2 N–H and O–H groups in total. The summed E-state index contributed by atoms with van der Waals surface area (Å²) in [7, 11) is -3.57. The topological polar surface area (TPSA) is 83.7 Å². The molecule has 1 fully saturated rings. The normalized spacial score (nSPS) is 17.0. The largest absolute Gasteiger partial charge is 0.398 e. The number of anilines is 1. The van der Waals surface area contributed by atoms with Gasteiger partial charge in [-0.15, -0.1) is 0 Å². The van der Waals surface area contributed by atoms with Gasteiger partial charge in [-0.25, -0.2) is 8.42 Å². The maximum atomic E-state index is 12.8. The Labute approximate surface area is 125 Å². The summed E-state index contributed by atoms with van der Waals surface area (Å²) in [6.07, 6.45) is 0. The smallest absolute Gasteiger partial charge is 0.243 e. The summed E-state index contributed by atoms with van der Waals surface area (Å²) in [6.45, 7) is 6.51. The van der Waals surface area contributed by atoms with Crippen LogP contribution < -0.4 is 5.73 Å². The minimum Gasteiger partial charge on any atom is -0.398 e. The molecule has 0 unspecified atom stereocenters. The first-order chi connectivity index (χ1) is 9.73. The Kier molecular flexibility index (Phi) is 4.25. The average molecular weight is 311 g/mol. The molecule has 0 aliphatic carbocycles. The fourth-order valence-corrected chi connectivity index (χ4v) is 4.26. The molecule has 21 heavy (non-hydrogen) atoms. The molecule has 0 saturated carbocycles. The van der Waals surface area contributed by atoms with E-state index in [0.29, 0.717) is 37.4 Å². The van der Waals surface area contributed by atoms with E-state index in [9.17, 15) is 13.2 Å². The third-order valence-corrected chi connectivity index (χ3v) is 5.87. The lowest BCUT2D eigenvalue weighted by atomic mass is 10.1. The Morgan fingerprint density at radius 2 is 1.71 bits per heavy atom. The molecule has 1 saturated heterocycles. The minimum absolute atomic E-state index is 0.0250. The Morgan fingerprint density at radius 1 is 1.14 bits per heavy atom. The van der Waals surface area contributed by atoms with E-state index in [2.05, 4.69) is 0 Å². The van der Waals surface area contributed by atoms with Gasteiger partial charge in [-0.05, 0) is 37.1 Å². The summed E-state index contributed by atoms with van der Waals surface area (Å²) in [5.41, 5.74) is 7.75. The Morgan fingerprint density at radius 3 is 2.24 bits per heavy atom. The molecule has 0 bridgehead atoms. The molecule has 0 radical (unpaired) electrons. The molecule has 1 aromatic carbocycles. The number of carbonyl (C=O) groups excluding carboxylic acids is 1. The number of benzene rings is 1. The zero-order chi connectivity index (χ0) is 15.8. The van der Waals surface area contributed by atoms with E-state index in [1.54, 1.807) is 24.0 Å². The van der Waals surface area contributed by atoms with E-state index < -0.39 is 10.0 Å². The lowest BCUT2D eigenvalue weighted by Gasteiger charge is -2.33. The van der Waals surface area contributed by atoms with Gasteiger partial charge >= 0.3 is 0 Å². The van der Waals surface area contributed by atoms with E-state index in [1.165, 1.54) is 11.2 Å². The van der Waals surface area contributed by atoms with Gasteiger partial charge in [0.05, 0.1) is 4.90 Å². The van der Waals surface area contributed by atoms with Gasteiger partial charge < -0.3 is 10.6 Å². The molecule has 0 atom stereocenters. The standard InChI is InChI=1S/C14H21N3O3S/c1-10-8-13(15)11(2)14(9-10)21(19,20)17-6-4-16(5-7-17)12(3)18/h8-9H,4-7,15H2,1-3H3. The summed E-state index contributed by atoms with van der Waals surface area (Å²) >= 11 is 0. The van der Waals surface area contributed by atoms with E-state index in [4.69, 9.17) is 5.73 Å². The number of nitrogens with two attached hydrogens (primary N) is 1. The number of amides is 1. The molecular weight excluding hydrogens is 290 g/mol. The van der Waals surface area contributed by atoms with Gasteiger partial charge in [0.25, 0.3) is 0 Å². The van der Waals surface area contributed by atoms with E-state index in [-0.39, 0.29) is 10.8 Å². The van der Waals surface area contributed by atoms with Crippen LogP contribution >= 0.6 is 0 Å². The zero-order valence-corrected chi connectivity index (χ0v) is 13.4. The molecule has 1 aromatic rings. The fraction of sp³-hybridized carbons (Fsp3) is 0.500. The van der Waals surface area contributed by atoms with Gasteiger partial charge in [-0.2, -0.15) is 4.31 Å². The first-order valence-electron chi connectivity index (χ1n) is 6.86. The van der Waals surface area contributed by atoms with Crippen LogP contribution in [0.2, 0.25) is 0 Å². The fourth-order valence-electron chi connectivity index (χ4n) is 2.50. The Bertz CT molecular complexity index is 662. The minimum atomic E-state index is -3.57. The molecular formula is C14H21N3O3S. The molecule has 1 amide bonds.